The third-order valence-electron chi connectivity index (χ3n) is 2.15. The zero-order valence-corrected chi connectivity index (χ0v) is 9.89. The summed E-state index contributed by atoms with van der Waals surface area (Å²) in [4.78, 5) is 6.48. The summed E-state index contributed by atoms with van der Waals surface area (Å²) in [5.74, 6) is 0.289. The summed E-state index contributed by atoms with van der Waals surface area (Å²) in [7, 11) is 2.09. The van der Waals surface area contributed by atoms with Crippen molar-refractivity contribution >= 4 is 17.2 Å². The molecular formula is C10H18N4S. The molecule has 0 bridgehead atoms. The van der Waals surface area contributed by atoms with Crippen molar-refractivity contribution in [2.45, 2.75) is 25.8 Å². The van der Waals surface area contributed by atoms with E-state index in [0.29, 0.717) is 6.42 Å². The number of unbranched alkanes of at least 4 members (excludes halogenated alkanes) is 1. The fourth-order valence-electron chi connectivity index (χ4n) is 1.37. The Kier molecular flexibility index (Phi) is 5.28. The standard InChI is InChI=1S/C10H18N4S/c1-14(5-3-2-4-10(11)12)6-9-7-15-8-13-9/h7-8H,2-6H2,1H3,(H3,11,12). The van der Waals surface area contributed by atoms with E-state index in [9.17, 15) is 0 Å². The zero-order chi connectivity index (χ0) is 11.1. The molecule has 15 heavy (non-hydrogen) atoms. The van der Waals surface area contributed by atoms with E-state index in [-0.39, 0.29) is 5.84 Å². The van der Waals surface area contributed by atoms with Crippen LogP contribution in [0.25, 0.3) is 0 Å². The lowest BCUT2D eigenvalue weighted by Gasteiger charge is -2.14. The third kappa shape index (κ3) is 5.49. The Morgan fingerprint density at radius 1 is 1.60 bits per heavy atom. The molecule has 0 aromatic carbocycles. The van der Waals surface area contributed by atoms with Crippen molar-refractivity contribution in [1.82, 2.24) is 9.88 Å². The van der Waals surface area contributed by atoms with Gasteiger partial charge in [0, 0.05) is 18.3 Å². The Morgan fingerprint density at radius 2 is 2.40 bits per heavy atom. The van der Waals surface area contributed by atoms with E-state index >= 15 is 0 Å². The second kappa shape index (κ2) is 6.53. The molecular weight excluding hydrogens is 208 g/mol. The number of aromatic nitrogens is 1. The zero-order valence-electron chi connectivity index (χ0n) is 9.07. The van der Waals surface area contributed by atoms with Gasteiger partial charge in [-0.3, -0.25) is 5.41 Å². The minimum absolute atomic E-state index is 0.289. The summed E-state index contributed by atoms with van der Waals surface area (Å²) >= 11 is 1.63. The third-order valence-corrected chi connectivity index (χ3v) is 2.79. The van der Waals surface area contributed by atoms with Crippen LogP contribution >= 0.6 is 11.3 Å². The maximum absolute atomic E-state index is 7.09. The first-order chi connectivity index (χ1) is 7.18. The fraction of sp³-hybridized carbons (Fsp3) is 0.600. The minimum Gasteiger partial charge on any atom is -0.388 e. The van der Waals surface area contributed by atoms with Crippen molar-refractivity contribution in [3.05, 3.63) is 16.6 Å². The van der Waals surface area contributed by atoms with Gasteiger partial charge in [-0.05, 0) is 26.4 Å². The monoisotopic (exact) mass is 226 g/mol. The summed E-state index contributed by atoms with van der Waals surface area (Å²) in [5.41, 5.74) is 8.27. The highest BCUT2D eigenvalue weighted by Gasteiger charge is 2.01. The van der Waals surface area contributed by atoms with Gasteiger partial charge in [0.1, 0.15) is 0 Å². The number of thiazole rings is 1. The molecule has 84 valence electrons. The SMILES string of the molecule is CN(CCCCC(=N)N)Cc1cscn1. The van der Waals surface area contributed by atoms with Gasteiger partial charge in [0.05, 0.1) is 17.0 Å². The highest BCUT2D eigenvalue weighted by Crippen LogP contribution is 2.05. The molecule has 0 atom stereocenters. The second-order valence-electron chi connectivity index (χ2n) is 3.70. The number of nitrogens with two attached hydrogens (primary N) is 1. The molecule has 1 aromatic heterocycles. The van der Waals surface area contributed by atoms with Crippen molar-refractivity contribution in [1.29, 1.82) is 5.41 Å². The van der Waals surface area contributed by atoms with E-state index in [4.69, 9.17) is 11.1 Å². The Morgan fingerprint density at radius 3 is 3.00 bits per heavy atom. The molecule has 4 nitrogen and oxygen atoms in total. The van der Waals surface area contributed by atoms with Crippen LogP contribution in [0.1, 0.15) is 25.0 Å². The summed E-state index contributed by atoms with van der Waals surface area (Å²) in [6.45, 7) is 1.94. The molecule has 1 heterocycles. The molecule has 0 aliphatic carbocycles. The van der Waals surface area contributed by atoms with E-state index in [2.05, 4.69) is 22.3 Å². The van der Waals surface area contributed by atoms with Crippen LogP contribution in [0.3, 0.4) is 0 Å². The average molecular weight is 226 g/mol. The predicted molar refractivity (Wildman–Crippen MR) is 64.2 cm³/mol. The topological polar surface area (TPSA) is 66.0 Å². The van der Waals surface area contributed by atoms with E-state index in [1.54, 1.807) is 11.3 Å². The molecule has 0 aliphatic heterocycles. The lowest BCUT2D eigenvalue weighted by Crippen LogP contribution is -2.19. The lowest BCUT2D eigenvalue weighted by atomic mass is 10.2. The van der Waals surface area contributed by atoms with E-state index in [1.165, 1.54) is 0 Å². The Hall–Kier alpha value is -0.940. The van der Waals surface area contributed by atoms with Gasteiger partial charge in [0.15, 0.2) is 0 Å². The van der Waals surface area contributed by atoms with Gasteiger partial charge in [-0.25, -0.2) is 4.98 Å². The summed E-state index contributed by atoms with van der Waals surface area (Å²) in [5, 5.41) is 9.17. The minimum atomic E-state index is 0.289. The van der Waals surface area contributed by atoms with Crippen molar-refractivity contribution in [2.75, 3.05) is 13.6 Å². The van der Waals surface area contributed by atoms with Gasteiger partial charge in [0.25, 0.3) is 0 Å². The molecule has 0 aliphatic rings. The smallest absolute Gasteiger partial charge is 0.0905 e. The normalized spacial score (nSPS) is 10.8. The van der Waals surface area contributed by atoms with Crippen LogP contribution in [0, 0.1) is 5.41 Å². The summed E-state index contributed by atoms with van der Waals surface area (Å²) in [6, 6.07) is 0. The van der Waals surface area contributed by atoms with Crippen LogP contribution in [-0.4, -0.2) is 29.3 Å². The van der Waals surface area contributed by atoms with Crippen LogP contribution in [0.5, 0.6) is 0 Å². The number of amidine groups is 1. The molecule has 5 heteroatoms. The molecule has 1 rings (SSSR count). The van der Waals surface area contributed by atoms with E-state index in [0.717, 1.165) is 31.6 Å². The number of nitrogens with zero attached hydrogens (tertiary/aromatic N) is 2. The van der Waals surface area contributed by atoms with Gasteiger partial charge < -0.3 is 10.6 Å². The molecule has 0 amide bonds. The number of hydrogen-bond acceptors (Lipinski definition) is 4. The number of hydrogen-bond donors (Lipinski definition) is 2. The first-order valence-electron chi connectivity index (χ1n) is 5.07. The summed E-state index contributed by atoms with van der Waals surface area (Å²) < 4.78 is 0. The van der Waals surface area contributed by atoms with E-state index < -0.39 is 0 Å². The van der Waals surface area contributed by atoms with Gasteiger partial charge in [-0.2, -0.15) is 0 Å². The van der Waals surface area contributed by atoms with Crippen LogP contribution in [0.2, 0.25) is 0 Å². The average Bonchev–Trinajstić information content (AvgIpc) is 2.64. The molecule has 3 N–H and O–H groups in total. The van der Waals surface area contributed by atoms with Crippen molar-refractivity contribution in [2.24, 2.45) is 5.73 Å². The molecule has 1 aromatic rings. The number of nitrogens with one attached hydrogen (secondary N) is 1. The first-order valence-corrected chi connectivity index (χ1v) is 6.01. The van der Waals surface area contributed by atoms with Crippen molar-refractivity contribution < 1.29 is 0 Å². The first kappa shape index (κ1) is 12.1. The van der Waals surface area contributed by atoms with Gasteiger partial charge in [0.2, 0.25) is 0 Å². The highest BCUT2D eigenvalue weighted by molar-refractivity contribution is 7.07. The van der Waals surface area contributed by atoms with E-state index in [1.807, 2.05) is 5.51 Å². The highest BCUT2D eigenvalue weighted by atomic mass is 32.1. The molecule has 0 spiro atoms. The Balaban J connectivity index is 2.08. The molecule has 0 fully saturated rings. The second-order valence-corrected chi connectivity index (χ2v) is 4.42. The van der Waals surface area contributed by atoms with Gasteiger partial charge in [-0.1, -0.05) is 0 Å². The van der Waals surface area contributed by atoms with Crippen molar-refractivity contribution in [3.63, 3.8) is 0 Å². The quantitative estimate of drug-likeness (QED) is 0.422. The maximum Gasteiger partial charge on any atom is 0.0905 e. The fourth-order valence-corrected chi connectivity index (χ4v) is 1.92. The lowest BCUT2D eigenvalue weighted by molar-refractivity contribution is 0.316. The molecule has 0 saturated heterocycles. The van der Waals surface area contributed by atoms with Gasteiger partial charge >= 0.3 is 0 Å². The summed E-state index contributed by atoms with van der Waals surface area (Å²) in [6.07, 6.45) is 2.79. The van der Waals surface area contributed by atoms with Crippen LogP contribution in [0.15, 0.2) is 10.9 Å². The predicted octanol–water partition coefficient (Wildman–Crippen LogP) is 1.68. The Bertz CT molecular complexity index is 284. The number of rotatable bonds is 7. The van der Waals surface area contributed by atoms with Crippen LogP contribution < -0.4 is 5.73 Å². The molecule has 0 unspecified atom stereocenters. The Labute approximate surface area is 94.6 Å². The van der Waals surface area contributed by atoms with Crippen molar-refractivity contribution in [3.8, 4) is 0 Å². The largest absolute Gasteiger partial charge is 0.388 e. The van der Waals surface area contributed by atoms with Crippen LogP contribution in [-0.2, 0) is 6.54 Å². The van der Waals surface area contributed by atoms with Gasteiger partial charge in [-0.15, -0.1) is 11.3 Å². The van der Waals surface area contributed by atoms with Crippen LogP contribution in [0.4, 0.5) is 0 Å². The molecule has 0 radical (unpaired) electrons. The molecule has 0 saturated carbocycles. The maximum atomic E-state index is 7.09.